The van der Waals surface area contributed by atoms with Crippen molar-refractivity contribution in [3.8, 4) is 0 Å². The maximum absolute atomic E-state index is 12.9. The molecule has 1 aliphatic heterocycles. The first kappa shape index (κ1) is 20.3. The normalized spacial score (nSPS) is 19.0. The van der Waals surface area contributed by atoms with Crippen LogP contribution in [-0.4, -0.2) is 52.1 Å². The fraction of sp³-hybridized carbons (Fsp3) is 0.571. The first-order valence-corrected chi connectivity index (χ1v) is 9.67. The fourth-order valence-corrected chi connectivity index (χ4v) is 4.82. The Morgan fingerprint density at radius 2 is 2.07 bits per heavy atom. The molecule has 14 heteroatoms. The van der Waals surface area contributed by atoms with Gasteiger partial charge in [0.25, 0.3) is 0 Å². The van der Waals surface area contributed by atoms with Crippen molar-refractivity contribution >= 4 is 21.9 Å². The van der Waals surface area contributed by atoms with Crippen molar-refractivity contribution in [3.05, 3.63) is 17.3 Å². The highest BCUT2D eigenvalue weighted by atomic mass is 32.2. The van der Waals surface area contributed by atoms with E-state index in [9.17, 15) is 26.4 Å². The average molecular weight is 422 g/mol. The highest BCUT2D eigenvalue weighted by molar-refractivity contribution is 7.89. The number of aryl methyl sites for hydroxylation is 2. The number of nitrogens with zero attached hydrogens (tertiary/aromatic N) is 4. The number of piperidine rings is 1. The third-order valence-electron chi connectivity index (χ3n) is 4.31. The van der Waals surface area contributed by atoms with E-state index in [1.807, 2.05) is 0 Å². The van der Waals surface area contributed by atoms with Crippen LogP contribution in [0.3, 0.4) is 0 Å². The van der Waals surface area contributed by atoms with Gasteiger partial charge in [0.2, 0.25) is 27.7 Å². The summed E-state index contributed by atoms with van der Waals surface area (Å²) in [4.78, 5) is 15.5. The molecule has 1 amide bonds. The number of halogens is 3. The summed E-state index contributed by atoms with van der Waals surface area (Å²) in [6.07, 6.45) is -3.95. The summed E-state index contributed by atoms with van der Waals surface area (Å²) < 4.78 is 69.4. The Hall–Kier alpha value is -2.48. The van der Waals surface area contributed by atoms with Crippen molar-refractivity contribution in [2.75, 3.05) is 18.4 Å². The van der Waals surface area contributed by atoms with Crippen molar-refractivity contribution in [3.63, 3.8) is 0 Å². The molecule has 0 aromatic carbocycles. The van der Waals surface area contributed by atoms with E-state index in [1.54, 1.807) is 5.10 Å². The number of carbonyl (C=O) groups is 1. The molecule has 0 spiro atoms. The van der Waals surface area contributed by atoms with Gasteiger partial charge in [-0.3, -0.25) is 15.2 Å². The molecule has 154 valence electrons. The molecule has 0 radical (unpaired) electrons. The lowest BCUT2D eigenvalue weighted by atomic mass is 9.99. The zero-order valence-corrected chi connectivity index (χ0v) is 15.7. The molecular weight excluding hydrogens is 405 g/mol. The lowest BCUT2D eigenvalue weighted by molar-refractivity contribution is -0.144. The summed E-state index contributed by atoms with van der Waals surface area (Å²) in [6, 6.07) is 0. The number of alkyl halides is 3. The van der Waals surface area contributed by atoms with Gasteiger partial charge in [-0.25, -0.2) is 8.42 Å². The van der Waals surface area contributed by atoms with Crippen molar-refractivity contribution in [2.45, 2.75) is 37.8 Å². The van der Waals surface area contributed by atoms with Gasteiger partial charge in [-0.2, -0.15) is 22.5 Å². The minimum Gasteiger partial charge on any atom is -0.360 e. The van der Waals surface area contributed by atoms with E-state index in [2.05, 4.69) is 20.6 Å². The minimum atomic E-state index is -4.72. The quantitative estimate of drug-likeness (QED) is 0.762. The van der Waals surface area contributed by atoms with Gasteiger partial charge < -0.3 is 4.52 Å². The molecule has 2 aromatic rings. The second-order valence-electron chi connectivity index (χ2n) is 6.35. The van der Waals surface area contributed by atoms with Crippen LogP contribution in [0, 0.1) is 19.8 Å². The number of rotatable bonds is 4. The van der Waals surface area contributed by atoms with E-state index in [4.69, 9.17) is 4.52 Å². The van der Waals surface area contributed by atoms with Crippen LogP contribution in [0.15, 0.2) is 9.42 Å². The Balaban J connectivity index is 1.72. The Morgan fingerprint density at radius 3 is 2.64 bits per heavy atom. The molecule has 1 aliphatic rings. The average Bonchev–Trinajstić information content (AvgIpc) is 3.21. The monoisotopic (exact) mass is 422 g/mol. The zero-order valence-electron chi connectivity index (χ0n) is 14.9. The summed E-state index contributed by atoms with van der Waals surface area (Å²) in [5.41, 5.74) is 0.212. The summed E-state index contributed by atoms with van der Waals surface area (Å²) in [7, 11) is -3.92. The number of hydrogen-bond acceptors (Lipinski definition) is 7. The number of aromatic nitrogens is 4. The largest absolute Gasteiger partial charge is 0.451 e. The number of H-pyrrole nitrogens is 1. The molecule has 28 heavy (non-hydrogen) atoms. The highest BCUT2D eigenvalue weighted by Crippen LogP contribution is 2.29. The van der Waals surface area contributed by atoms with E-state index in [-0.39, 0.29) is 29.4 Å². The molecular formula is C14H17F3N6O4S. The van der Waals surface area contributed by atoms with Crippen LogP contribution in [0.5, 0.6) is 0 Å². The molecule has 3 heterocycles. The number of nitrogens with one attached hydrogen (secondary N) is 2. The van der Waals surface area contributed by atoms with Gasteiger partial charge >= 0.3 is 6.18 Å². The minimum absolute atomic E-state index is 0.0441. The first-order chi connectivity index (χ1) is 13.0. The molecule has 0 bridgehead atoms. The second-order valence-corrected chi connectivity index (χ2v) is 8.22. The van der Waals surface area contributed by atoms with Crippen LogP contribution >= 0.6 is 0 Å². The Morgan fingerprint density at radius 1 is 1.36 bits per heavy atom. The van der Waals surface area contributed by atoms with E-state index >= 15 is 0 Å². The number of carbonyl (C=O) groups excluding carboxylic acids is 1. The molecule has 3 rings (SSSR count). The van der Waals surface area contributed by atoms with Crippen LogP contribution in [0.25, 0.3) is 0 Å². The Bertz CT molecular complexity index is 964. The van der Waals surface area contributed by atoms with E-state index < -0.39 is 39.8 Å². The van der Waals surface area contributed by atoms with E-state index in [0.717, 1.165) is 4.31 Å². The number of aromatic amines is 1. The van der Waals surface area contributed by atoms with Crippen LogP contribution < -0.4 is 5.32 Å². The number of sulfonamides is 1. The van der Waals surface area contributed by atoms with Gasteiger partial charge in [-0.15, -0.1) is 5.10 Å². The number of amides is 1. The summed E-state index contributed by atoms with van der Waals surface area (Å²) in [5, 5.41) is 10.8. The molecule has 1 saturated heterocycles. The predicted octanol–water partition coefficient (Wildman–Crippen LogP) is 1.47. The Labute approximate surface area is 157 Å². The van der Waals surface area contributed by atoms with Crippen molar-refractivity contribution in [1.29, 1.82) is 0 Å². The van der Waals surface area contributed by atoms with Gasteiger partial charge in [0, 0.05) is 13.1 Å². The SMILES string of the molecule is Cc1noc(C)c1S(=O)(=O)N1CCCC(C(=O)Nc2n[nH]c(C(F)(F)F)n2)C1. The third kappa shape index (κ3) is 3.87. The van der Waals surface area contributed by atoms with E-state index in [0.29, 0.717) is 12.8 Å². The maximum atomic E-state index is 12.9. The van der Waals surface area contributed by atoms with Crippen LogP contribution in [0.1, 0.15) is 30.1 Å². The summed E-state index contributed by atoms with van der Waals surface area (Å²) in [5.74, 6) is -3.15. The van der Waals surface area contributed by atoms with Crippen LogP contribution in [0.2, 0.25) is 0 Å². The first-order valence-electron chi connectivity index (χ1n) is 8.23. The van der Waals surface area contributed by atoms with Crippen molar-refractivity contribution in [2.24, 2.45) is 5.92 Å². The topological polar surface area (TPSA) is 134 Å². The molecule has 2 aromatic heterocycles. The van der Waals surface area contributed by atoms with Gasteiger partial charge in [0.15, 0.2) is 5.76 Å². The molecule has 2 N–H and O–H groups in total. The summed E-state index contributed by atoms with van der Waals surface area (Å²) >= 11 is 0. The van der Waals surface area contributed by atoms with E-state index in [1.165, 1.54) is 13.8 Å². The Kier molecular flexibility index (Phi) is 5.18. The highest BCUT2D eigenvalue weighted by Gasteiger charge is 2.38. The third-order valence-corrected chi connectivity index (χ3v) is 6.42. The smallest absolute Gasteiger partial charge is 0.360 e. The zero-order chi connectivity index (χ0) is 20.7. The van der Waals surface area contributed by atoms with Gasteiger partial charge in [0.05, 0.1) is 5.92 Å². The molecule has 0 saturated carbocycles. The molecule has 10 nitrogen and oxygen atoms in total. The molecule has 1 unspecified atom stereocenters. The summed E-state index contributed by atoms with van der Waals surface area (Å²) in [6.45, 7) is 3.05. The van der Waals surface area contributed by atoms with Crippen LogP contribution in [0.4, 0.5) is 19.1 Å². The van der Waals surface area contributed by atoms with Gasteiger partial charge in [-0.05, 0) is 26.7 Å². The lowest BCUT2D eigenvalue weighted by Crippen LogP contribution is -2.44. The maximum Gasteiger partial charge on any atom is 0.451 e. The van der Waals surface area contributed by atoms with Crippen LogP contribution in [-0.2, 0) is 21.0 Å². The fourth-order valence-electron chi connectivity index (χ4n) is 3.00. The second kappa shape index (κ2) is 7.16. The standard InChI is InChI=1S/C14H17F3N6O4S/c1-7-10(8(2)27-22-7)28(25,26)23-5-3-4-9(6-23)11(24)18-13-19-12(20-21-13)14(15,16)17/h9H,3-6H2,1-2H3,(H2,18,19,20,21,24). The molecule has 0 aliphatic carbocycles. The number of hydrogen-bond donors (Lipinski definition) is 2. The van der Waals surface area contributed by atoms with Gasteiger partial charge in [-0.1, -0.05) is 5.16 Å². The lowest BCUT2D eigenvalue weighted by Gasteiger charge is -2.30. The molecule has 1 atom stereocenters. The van der Waals surface area contributed by atoms with Crippen molar-refractivity contribution in [1.82, 2.24) is 24.6 Å². The number of anilines is 1. The van der Waals surface area contributed by atoms with Gasteiger partial charge in [0.1, 0.15) is 10.6 Å². The molecule has 1 fully saturated rings. The predicted molar refractivity (Wildman–Crippen MR) is 87.5 cm³/mol. The van der Waals surface area contributed by atoms with Crippen molar-refractivity contribution < 1.29 is 30.9 Å².